The highest BCUT2D eigenvalue weighted by molar-refractivity contribution is 9.08. The van der Waals surface area contributed by atoms with Crippen LogP contribution in [0.4, 0.5) is 0 Å². The van der Waals surface area contributed by atoms with Gasteiger partial charge in [0.05, 0.1) is 5.33 Å². The summed E-state index contributed by atoms with van der Waals surface area (Å²) in [6.07, 6.45) is 0. The Balaban J connectivity index is 3.23. The minimum Gasteiger partial charge on any atom is -0.477 e. The second-order valence-electron chi connectivity index (χ2n) is 2.15. The van der Waals surface area contributed by atoms with Gasteiger partial charge in [-0.05, 0) is 0 Å². The number of carboxylic acid groups (broad SMARTS) is 2. The topological polar surface area (TPSA) is 103 Å². The van der Waals surface area contributed by atoms with Gasteiger partial charge in [-0.1, -0.05) is 15.9 Å². The fourth-order valence-corrected chi connectivity index (χ4v) is 1.06. The number of nitrogens with zero attached hydrogens (tertiary/aromatic N) is 1. The summed E-state index contributed by atoms with van der Waals surface area (Å²) in [5.74, 6) is -2.42. The predicted molar refractivity (Wildman–Crippen MR) is 45.1 cm³/mol. The zero-order chi connectivity index (χ0) is 10.0. The molecule has 0 saturated carbocycles. The fourth-order valence-electron chi connectivity index (χ4n) is 0.795. The first-order valence-electron chi connectivity index (χ1n) is 3.17. The summed E-state index contributed by atoms with van der Waals surface area (Å²) < 4.78 is 0. The van der Waals surface area contributed by atoms with E-state index in [2.05, 4.69) is 25.9 Å². The van der Waals surface area contributed by atoms with E-state index in [0.29, 0.717) is 0 Å². The summed E-state index contributed by atoms with van der Waals surface area (Å²) >= 11 is 3.02. The molecule has 0 fully saturated rings. The van der Waals surface area contributed by atoms with Gasteiger partial charge < -0.3 is 15.2 Å². The number of aromatic nitrogens is 2. The molecule has 0 unspecified atom stereocenters. The first-order valence-corrected chi connectivity index (χ1v) is 4.29. The third-order valence-corrected chi connectivity index (χ3v) is 1.83. The molecule has 13 heavy (non-hydrogen) atoms. The van der Waals surface area contributed by atoms with Gasteiger partial charge in [-0.15, -0.1) is 0 Å². The number of alkyl halides is 1. The number of imidazole rings is 1. The van der Waals surface area contributed by atoms with E-state index < -0.39 is 23.3 Å². The summed E-state index contributed by atoms with van der Waals surface area (Å²) in [5, 5.41) is 17.4. The molecule has 1 rings (SSSR count). The molecule has 0 amide bonds. The number of hydrogen-bond donors (Lipinski definition) is 3. The van der Waals surface area contributed by atoms with Crippen LogP contribution >= 0.6 is 15.9 Å². The Hall–Kier alpha value is -1.37. The molecule has 0 saturated heterocycles. The molecule has 0 aromatic carbocycles. The molecular formula is C6H5BrN2O4. The van der Waals surface area contributed by atoms with Gasteiger partial charge in [-0.25, -0.2) is 14.6 Å². The van der Waals surface area contributed by atoms with Crippen molar-refractivity contribution in [2.45, 2.75) is 5.33 Å². The van der Waals surface area contributed by atoms with Crippen molar-refractivity contribution in [1.29, 1.82) is 0 Å². The number of carboxylic acids is 2. The molecule has 0 aliphatic heterocycles. The predicted octanol–water partition coefficient (Wildman–Crippen LogP) is 0.701. The van der Waals surface area contributed by atoms with Crippen molar-refractivity contribution in [2.24, 2.45) is 0 Å². The standard InChI is InChI=1S/C6H5BrN2O4/c7-1-2-8-3(5(10)11)4(9-2)6(12)13/h1H2,(H,8,9)(H,10,11)(H,12,13). The molecule has 0 spiro atoms. The van der Waals surface area contributed by atoms with Gasteiger partial charge in [0.2, 0.25) is 0 Å². The molecular weight excluding hydrogens is 244 g/mol. The van der Waals surface area contributed by atoms with Gasteiger partial charge >= 0.3 is 11.9 Å². The first-order chi connectivity index (χ1) is 6.06. The highest BCUT2D eigenvalue weighted by atomic mass is 79.9. The normalized spacial score (nSPS) is 9.92. The molecule has 70 valence electrons. The Morgan fingerprint density at radius 3 is 2.31 bits per heavy atom. The average molecular weight is 249 g/mol. The Kier molecular flexibility index (Phi) is 2.66. The lowest BCUT2D eigenvalue weighted by Gasteiger charge is -1.88. The molecule has 0 aliphatic carbocycles. The van der Waals surface area contributed by atoms with E-state index in [4.69, 9.17) is 10.2 Å². The second-order valence-corrected chi connectivity index (χ2v) is 2.71. The summed E-state index contributed by atoms with van der Waals surface area (Å²) in [7, 11) is 0. The molecule has 0 aliphatic rings. The summed E-state index contributed by atoms with van der Waals surface area (Å²) in [6.45, 7) is 0. The SMILES string of the molecule is O=C(O)c1nc(CBr)[nH]c1C(=O)O. The van der Waals surface area contributed by atoms with Gasteiger partial charge in [0.15, 0.2) is 11.4 Å². The van der Waals surface area contributed by atoms with Gasteiger partial charge in [0, 0.05) is 0 Å². The second kappa shape index (κ2) is 3.56. The summed E-state index contributed by atoms with van der Waals surface area (Å²) in [4.78, 5) is 26.9. The molecule has 0 radical (unpaired) electrons. The number of halogens is 1. The molecule has 1 aromatic rings. The van der Waals surface area contributed by atoms with E-state index in [-0.39, 0.29) is 11.2 Å². The van der Waals surface area contributed by atoms with Gasteiger partial charge in [0.1, 0.15) is 5.82 Å². The van der Waals surface area contributed by atoms with Crippen LogP contribution in [0, 0.1) is 0 Å². The van der Waals surface area contributed by atoms with Crippen LogP contribution < -0.4 is 0 Å². The van der Waals surface area contributed by atoms with Crippen molar-refractivity contribution in [3.05, 3.63) is 17.2 Å². The van der Waals surface area contributed by atoms with E-state index in [0.717, 1.165) is 0 Å². The lowest BCUT2D eigenvalue weighted by molar-refractivity contribution is 0.0644. The van der Waals surface area contributed by atoms with Gasteiger partial charge in [0.25, 0.3) is 0 Å². The molecule has 7 heteroatoms. The van der Waals surface area contributed by atoms with E-state index in [1.807, 2.05) is 0 Å². The highest BCUT2D eigenvalue weighted by Crippen LogP contribution is 2.08. The maximum Gasteiger partial charge on any atom is 0.357 e. The fraction of sp³-hybridized carbons (Fsp3) is 0.167. The summed E-state index contributed by atoms with van der Waals surface area (Å²) in [5.41, 5.74) is -0.871. The molecule has 0 bridgehead atoms. The number of rotatable bonds is 3. The first kappa shape index (κ1) is 9.72. The molecule has 1 aromatic heterocycles. The van der Waals surface area contributed by atoms with Gasteiger partial charge in [-0.3, -0.25) is 0 Å². The van der Waals surface area contributed by atoms with Crippen LogP contribution in [-0.4, -0.2) is 32.1 Å². The molecule has 0 atom stereocenters. The van der Waals surface area contributed by atoms with Crippen molar-refractivity contribution in [2.75, 3.05) is 0 Å². The van der Waals surface area contributed by atoms with Crippen LogP contribution in [-0.2, 0) is 5.33 Å². The van der Waals surface area contributed by atoms with Crippen LogP contribution in [0.15, 0.2) is 0 Å². The number of H-pyrrole nitrogens is 1. The average Bonchev–Trinajstić information content (AvgIpc) is 2.47. The van der Waals surface area contributed by atoms with Crippen LogP contribution in [0.25, 0.3) is 0 Å². The maximum absolute atomic E-state index is 10.5. The molecule has 3 N–H and O–H groups in total. The minimum absolute atomic E-state index is 0.273. The number of nitrogens with one attached hydrogen (secondary N) is 1. The van der Waals surface area contributed by atoms with E-state index in [1.54, 1.807) is 0 Å². The van der Waals surface area contributed by atoms with Crippen LogP contribution in [0.3, 0.4) is 0 Å². The third-order valence-electron chi connectivity index (χ3n) is 1.30. The zero-order valence-electron chi connectivity index (χ0n) is 6.24. The molecule has 6 nitrogen and oxygen atoms in total. The van der Waals surface area contributed by atoms with E-state index in [9.17, 15) is 9.59 Å². The Morgan fingerprint density at radius 1 is 1.38 bits per heavy atom. The number of aromatic carboxylic acids is 2. The van der Waals surface area contributed by atoms with Crippen molar-refractivity contribution in [1.82, 2.24) is 9.97 Å². The Labute approximate surface area is 80.7 Å². The lowest BCUT2D eigenvalue weighted by atomic mass is 10.3. The van der Waals surface area contributed by atoms with Crippen molar-refractivity contribution in [3.63, 3.8) is 0 Å². The third kappa shape index (κ3) is 1.86. The van der Waals surface area contributed by atoms with Crippen molar-refractivity contribution >= 4 is 27.9 Å². The highest BCUT2D eigenvalue weighted by Gasteiger charge is 2.21. The summed E-state index contributed by atoms with van der Waals surface area (Å²) in [6, 6.07) is 0. The Morgan fingerprint density at radius 2 is 2.00 bits per heavy atom. The Bertz CT molecular complexity index is 328. The number of carbonyl (C=O) groups is 2. The van der Waals surface area contributed by atoms with Crippen molar-refractivity contribution in [3.8, 4) is 0 Å². The lowest BCUT2D eigenvalue weighted by Crippen LogP contribution is -2.07. The van der Waals surface area contributed by atoms with Crippen LogP contribution in [0.2, 0.25) is 0 Å². The van der Waals surface area contributed by atoms with Gasteiger partial charge in [-0.2, -0.15) is 0 Å². The van der Waals surface area contributed by atoms with E-state index in [1.165, 1.54) is 0 Å². The van der Waals surface area contributed by atoms with Crippen LogP contribution in [0.5, 0.6) is 0 Å². The molecule has 1 heterocycles. The largest absolute Gasteiger partial charge is 0.477 e. The van der Waals surface area contributed by atoms with E-state index >= 15 is 0 Å². The van der Waals surface area contributed by atoms with Crippen molar-refractivity contribution < 1.29 is 19.8 Å². The maximum atomic E-state index is 10.5. The smallest absolute Gasteiger partial charge is 0.357 e. The quantitative estimate of drug-likeness (QED) is 0.684. The monoisotopic (exact) mass is 248 g/mol. The van der Waals surface area contributed by atoms with Crippen LogP contribution in [0.1, 0.15) is 26.8 Å². The zero-order valence-corrected chi connectivity index (χ0v) is 7.83. The minimum atomic E-state index is -1.36. The number of hydrogen-bond acceptors (Lipinski definition) is 3. The number of aromatic amines is 1.